The minimum absolute atomic E-state index is 0.0514. The Morgan fingerprint density at radius 2 is 1.83 bits per heavy atom. The molecule has 1 aromatic carbocycles. The van der Waals surface area contributed by atoms with E-state index in [1.165, 1.54) is 24.4 Å². The quantitative estimate of drug-likeness (QED) is 0.261. The molecule has 2 amide bonds. The van der Waals surface area contributed by atoms with Gasteiger partial charge in [-0.25, -0.2) is 0 Å². The number of halogens is 1. The number of carbonyl (C=O) groups excluding carboxylic acids is 2. The van der Waals surface area contributed by atoms with Crippen LogP contribution in [0.2, 0.25) is 0 Å². The molecule has 24 heavy (non-hydrogen) atoms. The van der Waals surface area contributed by atoms with Gasteiger partial charge in [0.05, 0.1) is 23.0 Å². The number of hydrazone groups is 1. The number of carbonyl (C=O) groups is 2. The standard InChI is InChI=1S/C16H12BrN3O4/c17-12-6-11(20(23)24)4-3-10(12)7-18-19-15(21)13-8-1-2-9(5-8)14(13)16(19)22/h1-4,6-9,13-14H,5H2/b18-7-/t8-,9-,13-,14-/m0/s1. The van der Waals surface area contributed by atoms with E-state index in [9.17, 15) is 19.7 Å². The highest BCUT2D eigenvalue weighted by Gasteiger charge is 2.59. The monoisotopic (exact) mass is 389 g/mol. The highest BCUT2D eigenvalue weighted by Crippen LogP contribution is 2.52. The van der Waals surface area contributed by atoms with Gasteiger partial charge in [0.15, 0.2) is 0 Å². The Morgan fingerprint density at radius 1 is 1.21 bits per heavy atom. The first-order chi connectivity index (χ1) is 11.5. The zero-order valence-electron chi connectivity index (χ0n) is 12.3. The normalized spacial score (nSPS) is 30.6. The first-order valence-electron chi connectivity index (χ1n) is 7.51. The molecule has 1 saturated heterocycles. The van der Waals surface area contributed by atoms with E-state index in [0.717, 1.165) is 11.4 Å². The molecule has 8 heteroatoms. The maximum absolute atomic E-state index is 12.5. The van der Waals surface area contributed by atoms with Crippen molar-refractivity contribution in [3.05, 3.63) is 50.5 Å². The fraction of sp³-hybridized carbons (Fsp3) is 0.312. The van der Waals surface area contributed by atoms with Crippen LogP contribution < -0.4 is 0 Å². The average Bonchev–Trinajstić information content (AvgIpc) is 3.21. The lowest BCUT2D eigenvalue weighted by Crippen LogP contribution is -2.28. The number of imide groups is 1. The van der Waals surface area contributed by atoms with E-state index in [4.69, 9.17) is 0 Å². The molecule has 3 aliphatic rings. The molecule has 1 heterocycles. The highest BCUT2D eigenvalue weighted by atomic mass is 79.9. The molecule has 1 aromatic rings. The van der Waals surface area contributed by atoms with Crippen molar-refractivity contribution in [2.24, 2.45) is 28.8 Å². The molecule has 0 N–H and O–H groups in total. The van der Waals surface area contributed by atoms with Crippen molar-refractivity contribution < 1.29 is 14.5 Å². The largest absolute Gasteiger partial charge is 0.272 e. The molecular weight excluding hydrogens is 378 g/mol. The maximum atomic E-state index is 12.5. The van der Waals surface area contributed by atoms with Crippen molar-refractivity contribution in [3.8, 4) is 0 Å². The van der Waals surface area contributed by atoms with Crippen LogP contribution in [0.5, 0.6) is 0 Å². The molecule has 2 fully saturated rings. The Hall–Kier alpha value is -2.35. The summed E-state index contributed by atoms with van der Waals surface area (Å²) in [5, 5.41) is 15.7. The van der Waals surface area contributed by atoms with Gasteiger partial charge in [-0.15, -0.1) is 0 Å². The van der Waals surface area contributed by atoms with E-state index >= 15 is 0 Å². The lowest BCUT2D eigenvalue weighted by Gasteiger charge is -2.13. The number of amides is 2. The highest BCUT2D eigenvalue weighted by molar-refractivity contribution is 9.10. The SMILES string of the molecule is O=C1[C@@H]2[C@@H](C(=O)N1/N=C\c1ccc([N+](=O)[O-])cc1Br)[C@H]1C=C[C@H]2C1. The lowest BCUT2D eigenvalue weighted by atomic mass is 9.85. The van der Waals surface area contributed by atoms with E-state index in [0.29, 0.717) is 10.0 Å². The third-order valence-electron chi connectivity index (χ3n) is 4.95. The van der Waals surface area contributed by atoms with E-state index in [1.54, 1.807) is 0 Å². The van der Waals surface area contributed by atoms with E-state index < -0.39 is 4.92 Å². The Labute approximate surface area is 145 Å². The summed E-state index contributed by atoms with van der Waals surface area (Å²) < 4.78 is 0.474. The number of hydrogen-bond donors (Lipinski definition) is 0. The smallest absolute Gasteiger partial charge is 0.270 e. The van der Waals surface area contributed by atoms with Crippen LogP contribution in [0, 0.1) is 33.8 Å². The zero-order valence-corrected chi connectivity index (χ0v) is 13.9. The van der Waals surface area contributed by atoms with Gasteiger partial charge >= 0.3 is 0 Å². The van der Waals surface area contributed by atoms with E-state index in [-0.39, 0.29) is 41.2 Å². The fourth-order valence-corrected chi connectivity index (χ4v) is 4.32. The predicted molar refractivity (Wildman–Crippen MR) is 88.0 cm³/mol. The van der Waals surface area contributed by atoms with Crippen LogP contribution in [0.25, 0.3) is 0 Å². The summed E-state index contributed by atoms with van der Waals surface area (Å²) in [5.41, 5.74) is 0.504. The molecule has 1 saturated carbocycles. The molecular formula is C16H12BrN3O4. The summed E-state index contributed by atoms with van der Waals surface area (Å²) in [6.45, 7) is 0. The first-order valence-corrected chi connectivity index (χ1v) is 8.30. The molecule has 1 aliphatic heterocycles. The molecule has 0 unspecified atom stereocenters. The molecule has 4 rings (SSSR count). The second-order valence-electron chi connectivity index (χ2n) is 6.20. The van der Waals surface area contributed by atoms with Crippen molar-refractivity contribution in [2.45, 2.75) is 6.42 Å². The average molecular weight is 390 g/mol. The predicted octanol–water partition coefficient (Wildman–Crippen LogP) is 2.50. The van der Waals surface area contributed by atoms with Crippen molar-refractivity contribution in [1.29, 1.82) is 0 Å². The number of nitro groups is 1. The number of nitro benzene ring substituents is 1. The first kappa shape index (κ1) is 15.2. The lowest BCUT2D eigenvalue weighted by molar-refractivity contribution is -0.384. The summed E-state index contributed by atoms with van der Waals surface area (Å²) in [6, 6.07) is 4.22. The fourth-order valence-electron chi connectivity index (χ4n) is 3.85. The number of benzene rings is 1. The Kier molecular flexibility index (Phi) is 3.38. The third kappa shape index (κ3) is 2.13. The van der Waals surface area contributed by atoms with Gasteiger partial charge < -0.3 is 0 Å². The van der Waals surface area contributed by atoms with Crippen molar-refractivity contribution >= 4 is 39.6 Å². The molecule has 0 radical (unpaired) electrons. The van der Waals surface area contributed by atoms with E-state index in [1.807, 2.05) is 12.2 Å². The van der Waals surface area contributed by atoms with Crippen LogP contribution in [0.3, 0.4) is 0 Å². The summed E-state index contributed by atoms with van der Waals surface area (Å²) in [5.74, 6) is -0.798. The number of allylic oxidation sites excluding steroid dienone is 2. The second kappa shape index (κ2) is 5.34. The van der Waals surface area contributed by atoms with Crippen LogP contribution in [-0.4, -0.2) is 28.0 Å². The second-order valence-corrected chi connectivity index (χ2v) is 7.05. The summed E-state index contributed by atoms with van der Waals surface area (Å²) in [6.07, 6.45) is 6.30. The van der Waals surface area contributed by atoms with Gasteiger partial charge in [-0.1, -0.05) is 12.2 Å². The number of fused-ring (bicyclic) bond motifs is 5. The Morgan fingerprint density at radius 3 is 2.38 bits per heavy atom. The van der Waals surface area contributed by atoms with Gasteiger partial charge in [-0.2, -0.15) is 10.1 Å². The third-order valence-corrected chi connectivity index (χ3v) is 5.64. The summed E-state index contributed by atoms with van der Waals surface area (Å²) in [4.78, 5) is 35.2. The Bertz CT molecular complexity index is 805. The molecule has 0 aromatic heterocycles. The topological polar surface area (TPSA) is 92.9 Å². The molecule has 0 spiro atoms. The molecule has 2 bridgehead atoms. The minimum atomic E-state index is -0.497. The van der Waals surface area contributed by atoms with Crippen LogP contribution in [0.15, 0.2) is 39.9 Å². The van der Waals surface area contributed by atoms with Crippen LogP contribution in [0.1, 0.15) is 12.0 Å². The van der Waals surface area contributed by atoms with Gasteiger partial charge in [-0.3, -0.25) is 19.7 Å². The number of hydrogen-bond acceptors (Lipinski definition) is 5. The van der Waals surface area contributed by atoms with Crippen molar-refractivity contribution in [2.75, 3.05) is 0 Å². The molecule has 7 nitrogen and oxygen atoms in total. The van der Waals surface area contributed by atoms with Crippen LogP contribution >= 0.6 is 15.9 Å². The van der Waals surface area contributed by atoms with Gasteiger partial charge in [0.25, 0.3) is 17.5 Å². The van der Waals surface area contributed by atoms with Crippen LogP contribution in [0.4, 0.5) is 5.69 Å². The van der Waals surface area contributed by atoms with Gasteiger partial charge in [0.2, 0.25) is 0 Å². The van der Waals surface area contributed by atoms with Gasteiger partial charge in [0, 0.05) is 22.2 Å². The zero-order chi connectivity index (χ0) is 17.0. The summed E-state index contributed by atoms with van der Waals surface area (Å²) >= 11 is 3.24. The van der Waals surface area contributed by atoms with Crippen LogP contribution in [-0.2, 0) is 9.59 Å². The molecule has 122 valence electrons. The van der Waals surface area contributed by atoms with Gasteiger partial charge in [0.1, 0.15) is 0 Å². The molecule has 4 atom stereocenters. The summed E-state index contributed by atoms with van der Waals surface area (Å²) in [7, 11) is 0. The number of non-ortho nitro benzene ring substituents is 1. The number of rotatable bonds is 3. The molecule has 2 aliphatic carbocycles. The van der Waals surface area contributed by atoms with Crippen molar-refractivity contribution in [1.82, 2.24) is 5.01 Å². The van der Waals surface area contributed by atoms with Crippen molar-refractivity contribution in [3.63, 3.8) is 0 Å². The Balaban J connectivity index is 1.58. The van der Waals surface area contributed by atoms with Gasteiger partial charge in [-0.05, 0) is 40.3 Å². The maximum Gasteiger partial charge on any atom is 0.270 e. The number of nitrogens with zero attached hydrogens (tertiary/aromatic N) is 3. The van der Waals surface area contributed by atoms with E-state index in [2.05, 4.69) is 21.0 Å². The minimum Gasteiger partial charge on any atom is -0.272 e.